The minimum atomic E-state index is -0.264. The van der Waals surface area contributed by atoms with Crippen molar-refractivity contribution in [3.05, 3.63) is 66.1 Å². The van der Waals surface area contributed by atoms with Crippen molar-refractivity contribution in [2.24, 2.45) is 0 Å². The van der Waals surface area contributed by atoms with E-state index in [1.165, 1.54) is 12.3 Å². The number of carbonyl (C=O) groups is 2. The predicted octanol–water partition coefficient (Wildman–Crippen LogP) is 4.70. The molecular formula is C19H20O3. The molecule has 0 atom stereocenters. The third-order valence-electron chi connectivity index (χ3n) is 3.41. The number of unbranched alkanes of at least 4 members (excludes halogenated alkanes) is 2. The Morgan fingerprint density at radius 3 is 2.45 bits per heavy atom. The fourth-order valence-corrected chi connectivity index (χ4v) is 2.22. The molecule has 0 saturated carbocycles. The van der Waals surface area contributed by atoms with Gasteiger partial charge in [0.05, 0.1) is 6.26 Å². The number of carbonyl (C=O) groups excluding carboxylic acids is 2. The third-order valence-corrected chi connectivity index (χ3v) is 3.41. The highest BCUT2D eigenvalue weighted by Crippen LogP contribution is 2.21. The van der Waals surface area contributed by atoms with E-state index in [4.69, 9.17) is 4.42 Å². The first-order valence-electron chi connectivity index (χ1n) is 7.60. The Kier molecular flexibility index (Phi) is 5.90. The van der Waals surface area contributed by atoms with E-state index >= 15 is 0 Å². The summed E-state index contributed by atoms with van der Waals surface area (Å²) in [6, 6.07) is 12.5. The minimum absolute atomic E-state index is 0.0211. The zero-order chi connectivity index (χ0) is 15.8. The topological polar surface area (TPSA) is 47.3 Å². The number of ketones is 2. The van der Waals surface area contributed by atoms with Crippen molar-refractivity contribution in [1.82, 2.24) is 0 Å². The summed E-state index contributed by atoms with van der Waals surface area (Å²) in [6.07, 6.45) is 6.31. The lowest BCUT2D eigenvalue weighted by molar-refractivity contribution is -0.114. The molecule has 0 fully saturated rings. The summed E-state index contributed by atoms with van der Waals surface area (Å²) < 4.78 is 5.18. The van der Waals surface area contributed by atoms with Gasteiger partial charge in [-0.25, -0.2) is 0 Å². The molecule has 0 N–H and O–H groups in total. The summed E-state index contributed by atoms with van der Waals surface area (Å²) in [5.74, 6) is -0.0382. The Morgan fingerprint density at radius 1 is 1.05 bits per heavy atom. The Hall–Kier alpha value is -2.42. The second-order valence-corrected chi connectivity index (χ2v) is 5.15. The number of hydrogen-bond donors (Lipinski definition) is 0. The van der Waals surface area contributed by atoms with Crippen molar-refractivity contribution < 1.29 is 14.0 Å². The fourth-order valence-electron chi connectivity index (χ4n) is 2.22. The van der Waals surface area contributed by atoms with Gasteiger partial charge in [0.1, 0.15) is 0 Å². The van der Waals surface area contributed by atoms with Gasteiger partial charge in [-0.15, -0.1) is 0 Å². The number of benzene rings is 1. The van der Waals surface area contributed by atoms with Gasteiger partial charge >= 0.3 is 0 Å². The van der Waals surface area contributed by atoms with Crippen molar-refractivity contribution in [2.45, 2.75) is 32.6 Å². The average Bonchev–Trinajstić information content (AvgIpc) is 3.07. The van der Waals surface area contributed by atoms with Gasteiger partial charge in [-0.2, -0.15) is 0 Å². The Labute approximate surface area is 130 Å². The molecule has 2 rings (SSSR count). The molecule has 3 nitrogen and oxygen atoms in total. The largest absolute Gasteiger partial charge is 0.461 e. The van der Waals surface area contributed by atoms with Crippen molar-refractivity contribution in [1.29, 1.82) is 0 Å². The SMILES string of the molecule is CCCCCC(=O)/C=C(/C(=O)c1ccco1)c1ccccc1. The quantitative estimate of drug-likeness (QED) is 0.403. The maximum absolute atomic E-state index is 12.6. The molecule has 0 aliphatic rings. The monoisotopic (exact) mass is 296 g/mol. The molecule has 1 aromatic carbocycles. The zero-order valence-corrected chi connectivity index (χ0v) is 12.7. The number of Topliss-reactive ketones (excluding diaryl/α,β-unsaturated/α-hetero) is 1. The highest BCUT2D eigenvalue weighted by atomic mass is 16.3. The van der Waals surface area contributed by atoms with Crippen LogP contribution in [0.1, 0.15) is 48.7 Å². The Bertz CT molecular complexity index is 637. The van der Waals surface area contributed by atoms with Gasteiger partial charge in [-0.3, -0.25) is 9.59 Å². The van der Waals surface area contributed by atoms with Crippen molar-refractivity contribution in [3.63, 3.8) is 0 Å². The number of furan rings is 1. The van der Waals surface area contributed by atoms with E-state index < -0.39 is 0 Å². The maximum Gasteiger partial charge on any atom is 0.228 e. The van der Waals surface area contributed by atoms with Crippen LogP contribution in [-0.4, -0.2) is 11.6 Å². The van der Waals surface area contributed by atoms with E-state index in [1.54, 1.807) is 12.1 Å². The summed E-state index contributed by atoms with van der Waals surface area (Å²) in [5.41, 5.74) is 1.12. The van der Waals surface area contributed by atoms with E-state index in [-0.39, 0.29) is 17.3 Å². The molecule has 1 heterocycles. The van der Waals surface area contributed by atoms with Gasteiger partial charge in [-0.1, -0.05) is 50.1 Å². The van der Waals surface area contributed by atoms with Crippen LogP contribution in [-0.2, 0) is 4.79 Å². The standard InChI is InChI=1S/C19H20O3/c1-2-3-5-11-16(20)14-17(15-9-6-4-7-10-15)19(21)18-12-8-13-22-18/h4,6-10,12-14H,2-3,5,11H2,1H3/b17-14+. The number of hydrogen-bond acceptors (Lipinski definition) is 3. The molecule has 0 aliphatic heterocycles. The minimum Gasteiger partial charge on any atom is -0.461 e. The lowest BCUT2D eigenvalue weighted by Gasteiger charge is -2.05. The van der Waals surface area contributed by atoms with E-state index in [0.717, 1.165) is 24.8 Å². The van der Waals surface area contributed by atoms with Gasteiger partial charge in [-0.05, 0) is 30.2 Å². The highest BCUT2D eigenvalue weighted by molar-refractivity contribution is 6.30. The first-order valence-corrected chi connectivity index (χ1v) is 7.60. The third kappa shape index (κ3) is 4.29. The van der Waals surface area contributed by atoms with E-state index in [9.17, 15) is 9.59 Å². The Balaban J connectivity index is 2.26. The van der Waals surface area contributed by atoms with Gasteiger partial charge in [0.25, 0.3) is 0 Å². The second kappa shape index (κ2) is 8.13. The molecule has 0 spiro atoms. The molecule has 114 valence electrons. The highest BCUT2D eigenvalue weighted by Gasteiger charge is 2.18. The lowest BCUT2D eigenvalue weighted by Crippen LogP contribution is -2.05. The normalized spacial score (nSPS) is 11.4. The van der Waals surface area contributed by atoms with Gasteiger partial charge in [0, 0.05) is 12.0 Å². The molecule has 0 bridgehead atoms. The molecule has 0 aliphatic carbocycles. The van der Waals surface area contributed by atoms with Crippen LogP contribution in [0.2, 0.25) is 0 Å². The summed E-state index contributed by atoms with van der Waals surface area (Å²) in [5, 5.41) is 0. The zero-order valence-electron chi connectivity index (χ0n) is 12.7. The summed E-state index contributed by atoms with van der Waals surface area (Å²) in [6.45, 7) is 2.09. The number of rotatable bonds is 8. The van der Waals surface area contributed by atoms with Crippen LogP contribution >= 0.6 is 0 Å². The average molecular weight is 296 g/mol. The summed E-state index contributed by atoms with van der Waals surface area (Å²) >= 11 is 0. The molecule has 0 saturated heterocycles. The van der Waals surface area contributed by atoms with E-state index in [1.807, 2.05) is 30.3 Å². The van der Waals surface area contributed by atoms with Crippen LogP contribution in [0.15, 0.2) is 59.2 Å². The fraction of sp³-hybridized carbons (Fsp3) is 0.263. The molecular weight excluding hydrogens is 276 g/mol. The Morgan fingerprint density at radius 2 is 1.82 bits per heavy atom. The van der Waals surface area contributed by atoms with Crippen molar-refractivity contribution >= 4 is 17.1 Å². The maximum atomic E-state index is 12.6. The first kappa shape index (κ1) is 16.0. The smallest absolute Gasteiger partial charge is 0.228 e. The molecule has 0 radical (unpaired) electrons. The van der Waals surface area contributed by atoms with Crippen LogP contribution in [0.4, 0.5) is 0 Å². The van der Waals surface area contributed by atoms with E-state index in [2.05, 4.69) is 6.92 Å². The van der Waals surface area contributed by atoms with Gasteiger partial charge in [0.2, 0.25) is 5.78 Å². The van der Waals surface area contributed by atoms with Crippen molar-refractivity contribution in [2.75, 3.05) is 0 Å². The lowest BCUT2D eigenvalue weighted by atomic mass is 9.98. The van der Waals surface area contributed by atoms with Gasteiger partial charge in [0.15, 0.2) is 11.5 Å². The molecule has 22 heavy (non-hydrogen) atoms. The van der Waals surface area contributed by atoms with Crippen molar-refractivity contribution in [3.8, 4) is 0 Å². The van der Waals surface area contributed by atoms with Crippen LogP contribution in [0.3, 0.4) is 0 Å². The van der Waals surface area contributed by atoms with E-state index in [0.29, 0.717) is 12.0 Å². The molecule has 0 unspecified atom stereocenters. The first-order chi connectivity index (χ1) is 10.7. The predicted molar refractivity (Wildman–Crippen MR) is 86.6 cm³/mol. The van der Waals surface area contributed by atoms with Crippen LogP contribution in [0.5, 0.6) is 0 Å². The van der Waals surface area contributed by atoms with Crippen LogP contribution in [0.25, 0.3) is 5.57 Å². The van der Waals surface area contributed by atoms with Crippen LogP contribution in [0, 0.1) is 0 Å². The second-order valence-electron chi connectivity index (χ2n) is 5.15. The van der Waals surface area contributed by atoms with Gasteiger partial charge < -0.3 is 4.42 Å². The number of allylic oxidation sites excluding steroid dienone is 2. The summed E-state index contributed by atoms with van der Waals surface area (Å²) in [7, 11) is 0. The molecule has 3 heteroatoms. The summed E-state index contributed by atoms with van der Waals surface area (Å²) in [4.78, 5) is 24.7. The molecule has 1 aromatic heterocycles. The molecule has 2 aromatic rings. The molecule has 0 amide bonds. The van der Waals surface area contributed by atoms with Crippen LogP contribution < -0.4 is 0 Å².